The van der Waals surface area contributed by atoms with Crippen molar-refractivity contribution in [2.45, 2.75) is 0 Å². The van der Waals surface area contributed by atoms with Gasteiger partial charge >= 0.3 is 0 Å². The molecule has 5 heteroatoms. The lowest BCUT2D eigenvalue weighted by atomic mass is 10.1. The summed E-state index contributed by atoms with van der Waals surface area (Å²) in [6, 6.07) is 32.9. The predicted octanol–water partition coefficient (Wildman–Crippen LogP) is 5.53. The van der Waals surface area contributed by atoms with Crippen LogP contribution in [0.5, 0.6) is 0 Å². The molecule has 5 rings (SSSR count). The van der Waals surface area contributed by atoms with Crippen LogP contribution in [-0.4, -0.2) is 15.7 Å². The number of nitrogen functional groups attached to an aromatic ring is 1. The van der Waals surface area contributed by atoms with Crippen molar-refractivity contribution < 1.29 is 4.79 Å². The molecule has 0 spiro atoms. The Morgan fingerprint density at radius 3 is 2.23 bits per heavy atom. The first-order chi connectivity index (χ1) is 15.2. The summed E-state index contributed by atoms with van der Waals surface area (Å²) in [6.45, 7) is 0. The molecule has 0 atom stereocenters. The third-order valence-corrected chi connectivity index (χ3v) is 5.22. The highest BCUT2D eigenvalue weighted by Gasteiger charge is 2.14. The summed E-state index contributed by atoms with van der Waals surface area (Å²) in [6.07, 6.45) is 0. The molecule has 1 heterocycles. The van der Waals surface area contributed by atoms with Gasteiger partial charge in [0, 0.05) is 16.5 Å². The zero-order valence-electron chi connectivity index (χ0n) is 16.7. The number of amides is 1. The van der Waals surface area contributed by atoms with Crippen LogP contribution in [0.25, 0.3) is 27.8 Å². The molecule has 1 aromatic heterocycles. The number of nitrogens with zero attached hydrogens (tertiary/aromatic N) is 2. The van der Waals surface area contributed by atoms with E-state index in [1.165, 1.54) is 0 Å². The Kier molecular flexibility index (Phi) is 4.69. The average Bonchev–Trinajstić information content (AvgIpc) is 3.21. The van der Waals surface area contributed by atoms with E-state index < -0.39 is 0 Å². The molecule has 31 heavy (non-hydrogen) atoms. The van der Waals surface area contributed by atoms with E-state index in [1.807, 2.05) is 65.3 Å². The number of hydrogen-bond donors (Lipinski definition) is 2. The average molecular weight is 404 g/mol. The van der Waals surface area contributed by atoms with Crippen molar-refractivity contribution in [3.8, 4) is 16.9 Å². The number of carbonyl (C=O) groups is 1. The minimum absolute atomic E-state index is 0.209. The second-order valence-corrected chi connectivity index (χ2v) is 7.23. The topological polar surface area (TPSA) is 72.9 Å². The van der Waals surface area contributed by atoms with Gasteiger partial charge in [-0.25, -0.2) is 4.68 Å². The van der Waals surface area contributed by atoms with Crippen LogP contribution in [0.2, 0.25) is 0 Å². The van der Waals surface area contributed by atoms with Crippen LogP contribution >= 0.6 is 0 Å². The molecule has 0 aliphatic rings. The number of benzene rings is 4. The summed E-state index contributed by atoms with van der Waals surface area (Å²) >= 11 is 0. The van der Waals surface area contributed by atoms with Gasteiger partial charge in [-0.2, -0.15) is 5.10 Å². The maximum atomic E-state index is 12.6. The van der Waals surface area contributed by atoms with Crippen LogP contribution < -0.4 is 11.1 Å². The van der Waals surface area contributed by atoms with Crippen molar-refractivity contribution in [1.82, 2.24) is 9.78 Å². The summed E-state index contributed by atoms with van der Waals surface area (Å²) in [4.78, 5) is 12.6. The summed E-state index contributed by atoms with van der Waals surface area (Å²) in [7, 11) is 0. The van der Waals surface area contributed by atoms with Gasteiger partial charge in [-0.15, -0.1) is 0 Å². The Morgan fingerprint density at radius 1 is 0.774 bits per heavy atom. The van der Waals surface area contributed by atoms with Crippen molar-refractivity contribution in [3.63, 3.8) is 0 Å². The van der Waals surface area contributed by atoms with E-state index in [9.17, 15) is 4.79 Å². The summed E-state index contributed by atoms with van der Waals surface area (Å²) < 4.78 is 1.91. The molecule has 150 valence electrons. The van der Waals surface area contributed by atoms with Crippen molar-refractivity contribution in [1.29, 1.82) is 0 Å². The third-order valence-electron chi connectivity index (χ3n) is 5.22. The number of aromatic nitrogens is 2. The highest BCUT2D eigenvalue weighted by Crippen LogP contribution is 2.29. The quantitative estimate of drug-likeness (QED) is 0.387. The number of hydrogen-bond acceptors (Lipinski definition) is 3. The van der Waals surface area contributed by atoms with Gasteiger partial charge in [0.15, 0.2) is 0 Å². The maximum absolute atomic E-state index is 12.6. The maximum Gasteiger partial charge on any atom is 0.255 e. The first-order valence-corrected chi connectivity index (χ1v) is 10.0. The fourth-order valence-corrected chi connectivity index (χ4v) is 3.63. The molecule has 1 amide bonds. The molecular formula is C26H20N4O. The fourth-order valence-electron chi connectivity index (χ4n) is 3.63. The molecule has 0 bridgehead atoms. The van der Waals surface area contributed by atoms with Crippen molar-refractivity contribution in [3.05, 3.63) is 109 Å². The molecule has 0 saturated heterocycles. The number of nitrogens with two attached hydrogens (primary N) is 1. The van der Waals surface area contributed by atoms with Gasteiger partial charge < -0.3 is 11.1 Å². The van der Waals surface area contributed by atoms with E-state index in [1.54, 1.807) is 24.3 Å². The van der Waals surface area contributed by atoms with E-state index >= 15 is 0 Å². The SMILES string of the molecule is Nc1ccccc1NC(=O)c1ccc(-n2nc(-c3ccccc3)c3ccccc32)cc1. The smallest absolute Gasteiger partial charge is 0.255 e. The van der Waals surface area contributed by atoms with Crippen LogP contribution in [-0.2, 0) is 0 Å². The monoisotopic (exact) mass is 404 g/mol. The lowest BCUT2D eigenvalue weighted by molar-refractivity contribution is 0.102. The molecule has 5 aromatic rings. The third kappa shape index (κ3) is 3.53. The van der Waals surface area contributed by atoms with Crippen LogP contribution in [0.3, 0.4) is 0 Å². The minimum atomic E-state index is -0.209. The van der Waals surface area contributed by atoms with E-state index in [-0.39, 0.29) is 5.91 Å². The molecule has 0 aliphatic carbocycles. The Bertz CT molecular complexity index is 1370. The molecule has 0 radical (unpaired) electrons. The summed E-state index contributed by atoms with van der Waals surface area (Å²) in [5, 5.41) is 8.82. The number of para-hydroxylation sites is 3. The first-order valence-electron chi connectivity index (χ1n) is 10.0. The van der Waals surface area contributed by atoms with E-state index in [4.69, 9.17) is 10.8 Å². The van der Waals surface area contributed by atoms with E-state index in [2.05, 4.69) is 23.5 Å². The van der Waals surface area contributed by atoms with Crippen LogP contribution in [0.15, 0.2) is 103 Å². The van der Waals surface area contributed by atoms with Gasteiger partial charge in [-0.1, -0.05) is 60.7 Å². The normalized spacial score (nSPS) is 10.8. The lowest BCUT2D eigenvalue weighted by Gasteiger charge is -2.09. The molecule has 3 N–H and O–H groups in total. The fraction of sp³-hybridized carbons (Fsp3) is 0. The highest BCUT2D eigenvalue weighted by molar-refractivity contribution is 6.05. The second kappa shape index (κ2) is 7.80. The zero-order chi connectivity index (χ0) is 21.2. The van der Waals surface area contributed by atoms with Gasteiger partial charge in [0.25, 0.3) is 5.91 Å². The number of rotatable bonds is 4. The number of fused-ring (bicyclic) bond motifs is 1. The second-order valence-electron chi connectivity index (χ2n) is 7.23. The van der Waals surface area contributed by atoms with Crippen molar-refractivity contribution in [2.24, 2.45) is 0 Å². The van der Waals surface area contributed by atoms with Gasteiger partial charge in [0.05, 0.1) is 22.6 Å². The summed E-state index contributed by atoms with van der Waals surface area (Å²) in [5.74, 6) is -0.209. The lowest BCUT2D eigenvalue weighted by Crippen LogP contribution is -2.13. The Labute approximate surface area is 179 Å². The zero-order valence-corrected chi connectivity index (χ0v) is 16.7. The summed E-state index contributed by atoms with van der Waals surface area (Å²) in [5.41, 5.74) is 11.5. The van der Waals surface area contributed by atoms with Gasteiger partial charge in [-0.3, -0.25) is 4.79 Å². The molecule has 5 nitrogen and oxygen atoms in total. The molecule has 0 unspecified atom stereocenters. The highest BCUT2D eigenvalue weighted by atomic mass is 16.1. The minimum Gasteiger partial charge on any atom is -0.397 e. The Balaban J connectivity index is 1.49. The van der Waals surface area contributed by atoms with Crippen LogP contribution in [0, 0.1) is 0 Å². The van der Waals surface area contributed by atoms with Crippen LogP contribution in [0.4, 0.5) is 11.4 Å². The standard InChI is InChI=1S/C26H20N4O/c27-22-11-5-6-12-23(22)28-26(31)19-14-16-20(17-15-19)30-24-13-7-4-10-21(24)25(29-30)18-8-2-1-3-9-18/h1-17H,27H2,(H,28,31). The van der Waals surface area contributed by atoms with Crippen LogP contribution in [0.1, 0.15) is 10.4 Å². The van der Waals surface area contributed by atoms with Crippen molar-refractivity contribution >= 4 is 28.2 Å². The molecular weight excluding hydrogens is 384 g/mol. The Hall–Kier alpha value is -4.38. The number of anilines is 2. The van der Waals surface area contributed by atoms with Gasteiger partial charge in [0.2, 0.25) is 0 Å². The molecule has 0 saturated carbocycles. The van der Waals surface area contributed by atoms with E-state index in [0.29, 0.717) is 16.9 Å². The predicted molar refractivity (Wildman–Crippen MR) is 125 cm³/mol. The van der Waals surface area contributed by atoms with E-state index in [0.717, 1.165) is 27.8 Å². The molecule has 4 aromatic carbocycles. The van der Waals surface area contributed by atoms with Crippen molar-refractivity contribution in [2.75, 3.05) is 11.1 Å². The number of carbonyl (C=O) groups excluding carboxylic acids is 1. The molecule has 0 aliphatic heterocycles. The first kappa shape index (κ1) is 18.6. The molecule has 0 fully saturated rings. The van der Waals surface area contributed by atoms with Gasteiger partial charge in [0.1, 0.15) is 5.69 Å². The Morgan fingerprint density at radius 2 is 1.45 bits per heavy atom. The largest absolute Gasteiger partial charge is 0.397 e. The number of nitrogens with one attached hydrogen (secondary N) is 1. The van der Waals surface area contributed by atoms with Gasteiger partial charge in [-0.05, 0) is 42.5 Å².